The lowest BCUT2D eigenvalue weighted by Gasteiger charge is -2.07. The summed E-state index contributed by atoms with van der Waals surface area (Å²) in [5.41, 5.74) is 5.75. The van der Waals surface area contributed by atoms with Crippen LogP contribution in [0.5, 0.6) is 0 Å². The molecule has 0 amide bonds. The van der Waals surface area contributed by atoms with Crippen molar-refractivity contribution in [2.24, 2.45) is 16.6 Å². The van der Waals surface area contributed by atoms with Gasteiger partial charge in [0.05, 0.1) is 10.8 Å². The molecular formula is C10H17N3S. The first-order chi connectivity index (χ1) is 6.61. The monoisotopic (exact) mass is 211 g/mol. The van der Waals surface area contributed by atoms with Crippen LogP contribution in [0.25, 0.3) is 0 Å². The number of thiazole rings is 1. The van der Waals surface area contributed by atoms with Gasteiger partial charge in [-0.2, -0.15) is 0 Å². The fourth-order valence-corrected chi connectivity index (χ4v) is 1.67. The molecule has 0 aromatic carbocycles. The average molecular weight is 211 g/mol. The number of hydrogen-bond acceptors (Lipinski definition) is 3. The fraction of sp³-hybridized carbons (Fsp3) is 0.600. The number of nitrogens with zero attached hydrogens (tertiary/aromatic N) is 2. The van der Waals surface area contributed by atoms with Gasteiger partial charge < -0.3 is 5.73 Å². The van der Waals surface area contributed by atoms with Crippen LogP contribution in [0.3, 0.4) is 0 Å². The standard InChI is InChI=1S/C10H17N3S/c1-7(2)9(11)13-6-8(3)10-12-4-5-14-10/h4-5,7-8H,6H2,1-3H3,(H2,11,13). The first-order valence-corrected chi connectivity index (χ1v) is 5.68. The van der Waals surface area contributed by atoms with E-state index in [1.54, 1.807) is 11.3 Å². The number of nitrogens with two attached hydrogens (primary N) is 1. The first-order valence-electron chi connectivity index (χ1n) is 4.80. The Kier molecular flexibility index (Phi) is 4.07. The number of hydrogen-bond donors (Lipinski definition) is 1. The molecule has 0 radical (unpaired) electrons. The highest BCUT2D eigenvalue weighted by Crippen LogP contribution is 2.17. The van der Waals surface area contributed by atoms with Crippen LogP contribution in [0.4, 0.5) is 0 Å². The smallest absolute Gasteiger partial charge is 0.0971 e. The maximum absolute atomic E-state index is 5.75. The molecule has 1 unspecified atom stereocenters. The fourth-order valence-electron chi connectivity index (χ4n) is 0.981. The van der Waals surface area contributed by atoms with Crippen LogP contribution in [-0.4, -0.2) is 17.4 Å². The second kappa shape index (κ2) is 5.10. The predicted molar refractivity (Wildman–Crippen MR) is 61.9 cm³/mol. The van der Waals surface area contributed by atoms with E-state index >= 15 is 0 Å². The molecule has 4 heteroatoms. The molecule has 1 heterocycles. The molecule has 0 aliphatic heterocycles. The number of aliphatic imine (C=N–C) groups is 1. The second-order valence-electron chi connectivity index (χ2n) is 3.69. The van der Waals surface area contributed by atoms with E-state index in [2.05, 4.69) is 16.9 Å². The van der Waals surface area contributed by atoms with Gasteiger partial charge in [-0.3, -0.25) is 4.99 Å². The van der Waals surface area contributed by atoms with Crippen molar-refractivity contribution < 1.29 is 0 Å². The maximum Gasteiger partial charge on any atom is 0.0971 e. The van der Waals surface area contributed by atoms with E-state index in [1.165, 1.54) is 0 Å². The molecule has 0 bridgehead atoms. The van der Waals surface area contributed by atoms with Crippen LogP contribution in [0.2, 0.25) is 0 Å². The van der Waals surface area contributed by atoms with Gasteiger partial charge in [0.2, 0.25) is 0 Å². The molecule has 0 aliphatic rings. The third kappa shape index (κ3) is 3.10. The summed E-state index contributed by atoms with van der Waals surface area (Å²) < 4.78 is 0. The Bertz CT molecular complexity index is 290. The van der Waals surface area contributed by atoms with Crippen molar-refractivity contribution in [3.05, 3.63) is 16.6 Å². The van der Waals surface area contributed by atoms with Crippen molar-refractivity contribution in [1.82, 2.24) is 4.98 Å². The molecule has 1 atom stereocenters. The molecule has 1 aromatic heterocycles. The van der Waals surface area contributed by atoms with Crippen LogP contribution in [0.15, 0.2) is 16.6 Å². The van der Waals surface area contributed by atoms with Crippen LogP contribution in [0.1, 0.15) is 31.7 Å². The largest absolute Gasteiger partial charge is 0.387 e. The minimum absolute atomic E-state index is 0.332. The lowest BCUT2D eigenvalue weighted by molar-refractivity contribution is 0.752. The summed E-state index contributed by atoms with van der Waals surface area (Å²) in [6.45, 7) is 6.95. The Morgan fingerprint density at radius 3 is 2.79 bits per heavy atom. The van der Waals surface area contributed by atoms with Gasteiger partial charge in [-0.25, -0.2) is 4.98 Å². The molecule has 2 N–H and O–H groups in total. The summed E-state index contributed by atoms with van der Waals surface area (Å²) in [5.74, 6) is 1.43. The van der Waals surface area contributed by atoms with Gasteiger partial charge in [-0.05, 0) is 0 Å². The molecule has 0 saturated heterocycles. The van der Waals surface area contributed by atoms with Gasteiger partial charge in [0.15, 0.2) is 0 Å². The molecule has 0 saturated carbocycles. The van der Waals surface area contributed by atoms with Crippen molar-refractivity contribution in [3.8, 4) is 0 Å². The average Bonchev–Trinajstić information content (AvgIpc) is 2.66. The number of amidine groups is 1. The van der Waals surface area contributed by atoms with Crippen molar-refractivity contribution in [2.45, 2.75) is 26.7 Å². The summed E-state index contributed by atoms with van der Waals surface area (Å²) in [5, 5.41) is 3.12. The number of rotatable bonds is 4. The summed E-state index contributed by atoms with van der Waals surface area (Å²) in [7, 11) is 0. The number of aromatic nitrogens is 1. The Morgan fingerprint density at radius 2 is 2.29 bits per heavy atom. The zero-order valence-corrected chi connectivity index (χ0v) is 9.71. The van der Waals surface area contributed by atoms with Crippen molar-refractivity contribution >= 4 is 17.2 Å². The maximum atomic E-state index is 5.75. The quantitative estimate of drug-likeness (QED) is 0.613. The molecule has 1 rings (SSSR count). The molecule has 78 valence electrons. The van der Waals surface area contributed by atoms with Crippen molar-refractivity contribution in [2.75, 3.05) is 6.54 Å². The van der Waals surface area contributed by atoms with E-state index < -0.39 is 0 Å². The van der Waals surface area contributed by atoms with E-state index in [1.807, 2.05) is 25.4 Å². The summed E-state index contributed by atoms with van der Waals surface area (Å²) in [4.78, 5) is 8.59. The van der Waals surface area contributed by atoms with E-state index in [-0.39, 0.29) is 0 Å². The molecule has 14 heavy (non-hydrogen) atoms. The first kappa shape index (κ1) is 11.2. The molecule has 0 spiro atoms. The van der Waals surface area contributed by atoms with Crippen LogP contribution in [0, 0.1) is 5.92 Å². The summed E-state index contributed by atoms with van der Waals surface area (Å²) in [6.07, 6.45) is 1.83. The Balaban J connectivity index is 2.50. The predicted octanol–water partition coefficient (Wildman–Crippen LogP) is 2.26. The highest BCUT2D eigenvalue weighted by Gasteiger charge is 2.07. The SMILES string of the molecule is CC(C)C(N)=NCC(C)c1nccs1. The van der Waals surface area contributed by atoms with Gasteiger partial charge in [0.25, 0.3) is 0 Å². The lowest BCUT2D eigenvalue weighted by Crippen LogP contribution is -2.19. The minimum atomic E-state index is 0.332. The third-order valence-electron chi connectivity index (χ3n) is 2.01. The van der Waals surface area contributed by atoms with Crippen molar-refractivity contribution in [1.29, 1.82) is 0 Å². The van der Waals surface area contributed by atoms with Gasteiger partial charge in [0.1, 0.15) is 0 Å². The van der Waals surface area contributed by atoms with E-state index in [9.17, 15) is 0 Å². The van der Waals surface area contributed by atoms with Crippen LogP contribution < -0.4 is 5.73 Å². The Morgan fingerprint density at radius 1 is 1.57 bits per heavy atom. The Hall–Kier alpha value is -0.900. The molecule has 1 aromatic rings. The van der Waals surface area contributed by atoms with E-state index in [0.717, 1.165) is 17.4 Å². The van der Waals surface area contributed by atoms with Crippen molar-refractivity contribution in [3.63, 3.8) is 0 Å². The van der Waals surface area contributed by atoms with Gasteiger partial charge in [-0.15, -0.1) is 11.3 Å². The molecular weight excluding hydrogens is 194 g/mol. The molecule has 0 aliphatic carbocycles. The minimum Gasteiger partial charge on any atom is -0.387 e. The van der Waals surface area contributed by atoms with Gasteiger partial charge in [0, 0.05) is 30.0 Å². The van der Waals surface area contributed by atoms with Crippen LogP contribution in [-0.2, 0) is 0 Å². The lowest BCUT2D eigenvalue weighted by atomic mass is 10.2. The molecule has 3 nitrogen and oxygen atoms in total. The van der Waals surface area contributed by atoms with Gasteiger partial charge in [-0.1, -0.05) is 20.8 Å². The Labute approximate surface area is 89.1 Å². The normalized spacial score (nSPS) is 14.7. The second-order valence-corrected chi connectivity index (χ2v) is 4.62. The zero-order valence-electron chi connectivity index (χ0n) is 8.90. The topological polar surface area (TPSA) is 51.3 Å². The van der Waals surface area contributed by atoms with E-state index in [4.69, 9.17) is 5.73 Å². The van der Waals surface area contributed by atoms with Crippen LogP contribution >= 0.6 is 11.3 Å². The molecule has 0 fully saturated rings. The summed E-state index contributed by atoms with van der Waals surface area (Å²) in [6, 6.07) is 0. The van der Waals surface area contributed by atoms with E-state index in [0.29, 0.717) is 11.8 Å². The highest BCUT2D eigenvalue weighted by molar-refractivity contribution is 7.09. The summed E-state index contributed by atoms with van der Waals surface area (Å²) >= 11 is 1.67. The zero-order chi connectivity index (χ0) is 10.6. The highest BCUT2D eigenvalue weighted by atomic mass is 32.1. The third-order valence-corrected chi connectivity index (χ3v) is 3.02. The van der Waals surface area contributed by atoms with Gasteiger partial charge >= 0.3 is 0 Å².